The molecule has 0 spiro atoms. The van der Waals surface area contributed by atoms with Crippen LogP contribution in [0.2, 0.25) is 0 Å². The maximum Gasteiger partial charge on any atom is 0.264 e. The number of hydrogen-bond acceptors (Lipinski definition) is 3. The Bertz CT molecular complexity index is 401. The molecule has 0 aliphatic heterocycles. The molecule has 2 N–H and O–H groups in total. The molecule has 0 radical (unpaired) electrons. The van der Waals surface area contributed by atoms with Gasteiger partial charge in [0.1, 0.15) is 5.82 Å². The van der Waals surface area contributed by atoms with E-state index in [-0.39, 0.29) is 23.4 Å². The second kappa shape index (κ2) is 5.03. The van der Waals surface area contributed by atoms with E-state index in [2.05, 4.69) is 20.9 Å². The van der Waals surface area contributed by atoms with E-state index in [1.54, 1.807) is 6.07 Å². The summed E-state index contributed by atoms with van der Waals surface area (Å²) in [6.45, 7) is 0. The highest BCUT2D eigenvalue weighted by molar-refractivity contribution is 9.08. The first-order chi connectivity index (χ1) is 7.10. The fraction of sp³-hybridized carbons (Fsp3) is 0.333. The average molecular weight is 276 g/mol. The van der Waals surface area contributed by atoms with Crippen LogP contribution in [0.4, 0.5) is 14.6 Å². The molecular weight excluding hydrogens is 268 g/mol. The summed E-state index contributed by atoms with van der Waals surface area (Å²) >= 11 is 3.11. The summed E-state index contributed by atoms with van der Waals surface area (Å²) in [5, 5.41) is 8.84. The van der Waals surface area contributed by atoms with Crippen molar-refractivity contribution < 1.29 is 8.78 Å². The van der Waals surface area contributed by atoms with Crippen LogP contribution in [-0.4, -0.2) is 4.98 Å². The van der Waals surface area contributed by atoms with Gasteiger partial charge in [-0.15, -0.1) is 0 Å². The van der Waals surface area contributed by atoms with Crippen molar-refractivity contribution in [1.29, 1.82) is 5.26 Å². The van der Waals surface area contributed by atoms with Crippen LogP contribution in [0.5, 0.6) is 0 Å². The summed E-state index contributed by atoms with van der Waals surface area (Å²) in [5.74, 6) is 0.00352. The van der Waals surface area contributed by atoms with E-state index >= 15 is 0 Å². The Morgan fingerprint density at radius 2 is 2.27 bits per heavy atom. The van der Waals surface area contributed by atoms with E-state index < -0.39 is 6.43 Å². The Morgan fingerprint density at radius 3 is 2.73 bits per heavy atom. The molecule has 0 atom stereocenters. The fourth-order valence-corrected chi connectivity index (χ4v) is 1.49. The molecule has 1 aromatic rings. The van der Waals surface area contributed by atoms with Crippen molar-refractivity contribution in [3.05, 3.63) is 22.9 Å². The summed E-state index contributed by atoms with van der Waals surface area (Å²) in [7, 11) is 0. The van der Waals surface area contributed by atoms with Gasteiger partial charge < -0.3 is 5.73 Å². The number of aromatic nitrogens is 1. The Kier molecular flexibility index (Phi) is 3.97. The second-order valence-electron chi connectivity index (χ2n) is 2.84. The first-order valence-electron chi connectivity index (χ1n) is 4.09. The van der Waals surface area contributed by atoms with Crippen LogP contribution < -0.4 is 5.73 Å². The van der Waals surface area contributed by atoms with Gasteiger partial charge in [0.15, 0.2) is 0 Å². The first kappa shape index (κ1) is 11.9. The van der Waals surface area contributed by atoms with Gasteiger partial charge in [-0.2, -0.15) is 5.26 Å². The highest BCUT2D eigenvalue weighted by Gasteiger charge is 2.17. The lowest BCUT2D eigenvalue weighted by Crippen LogP contribution is -2.05. The molecule has 0 amide bonds. The third kappa shape index (κ3) is 2.63. The summed E-state index contributed by atoms with van der Waals surface area (Å²) in [4.78, 5) is 3.90. The number of nitriles is 1. The molecule has 80 valence electrons. The van der Waals surface area contributed by atoms with E-state index in [9.17, 15) is 8.78 Å². The molecule has 0 saturated carbocycles. The van der Waals surface area contributed by atoms with E-state index in [1.165, 1.54) is 6.07 Å². The van der Waals surface area contributed by atoms with Gasteiger partial charge in [0, 0.05) is 16.5 Å². The normalized spacial score (nSPS) is 10.3. The third-order valence-corrected chi connectivity index (χ3v) is 2.45. The van der Waals surface area contributed by atoms with Crippen molar-refractivity contribution in [2.75, 3.05) is 5.73 Å². The molecule has 3 nitrogen and oxygen atoms in total. The van der Waals surface area contributed by atoms with Gasteiger partial charge in [-0.1, -0.05) is 15.9 Å². The second-order valence-corrected chi connectivity index (χ2v) is 3.40. The van der Waals surface area contributed by atoms with E-state index in [4.69, 9.17) is 11.0 Å². The van der Waals surface area contributed by atoms with Gasteiger partial charge in [-0.05, 0) is 6.07 Å². The topological polar surface area (TPSA) is 62.7 Å². The van der Waals surface area contributed by atoms with Crippen LogP contribution in [0.15, 0.2) is 6.07 Å². The molecule has 15 heavy (non-hydrogen) atoms. The lowest BCUT2D eigenvalue weighted by atomic mass is 10.1. The summed E-state index contributed by atoms with van der Waals surface area (Å²) < 4.78 is 25.3. The summed E-state index contributed by atoms with van der Waals surface area (Å²) in [6.07, 6.45) is -2.79. The molecule has 0 bridgehead atoms. The molecule has 6 heteroatoms. The molecule has 0 aliphatic rings. The number of pyridine rings is 1. The molecule has 1 rings (SSSR count). The quantitative estimate of drug-likeness (QED) is 0.863. The van der Waals surface area contributed by atoms with Gasteiger partial charge in [-0.3, -0.25) is 0 Å². The smallest absolute Gasteiger partial charge is 0.264 e. The van der Waals surface area contributed by atoms with Gasteiger partial charge in [0.05, 0.1) is 18.2 Å². The minimum absolute atomic E-state index is 0.00352. The molecule has 0 aromatic carbocycles. The van der Waals surface area contributed by atoms with Crippen LogP contribution in [0.3, 0.4) is 0 Å². The zero-order valence-electron chi connectivity index (χ0n) is 7.67. The van der Waals surface area contributed by atoms with Crippen molar-refractivity contribution >= 4 is 21.7 Å². The van der Waals surface area contributed by atoms with E-state index in [1.807, 2.05) is 0 Å². The van der Waals surface area contributed by atoms with Crippen molar-refractivity contribution in [2.45, 2.75) is 18.2 Å². The maximum atomic E-state index is 12.6. The van der Waals surface area contributed by atoms with Crippen LogP contribution in [0.25, 0.3) is 0 Å². The zero-order valence-corrected chi connectivity index (χ0v) is 9.26. The monoisotopic (exact) mass is 275 g/mol. The molecule has 0 unspecified atom stereocenters. The number of nitrogens with two attached hydrogens (primary N) is 1. The van der Waals surface area contributed by atoms with Crippen molar-refractivity contribution in [3.63, 3.8) is 0 Å². The minimum atomic E-state index is -2.64. The predicted octanol–water partition coefficient (Wildman–Crippen LogP) is 2.56. The lowest BCUT2D eigenvalue weighted by Gasteiger charge is -2.10. The first-order valence-corrected chi connectivity index (χ1v) is 5.21. The van der Waals surface area contributed by atoms with Gasteiger partial charge in [-0.25, -0.2) is 13.8 Å². The molecule has 0 aliphatic carbocycles. The van der Waals surface area contributed by atoms with Gasteiger partial charge >= 0.3 is 0 Å². The van der Waals surface area contributed by atoms with Crippen molar-refractivity contribution in [1.82, 2.24) is 4.98 Å². The number of halogens is 3. The van der Waals surface area contributed by atoms with Crippen LogP contribution >= 0.6 is 15.9 Å². The average Bonchev–Trinajstić information content (AvgIpc) is 2.20. The van der Waals surface area contributed by atoms with E-state index in [0.717, 1.165) is 0 Å². The fourth-order valence-electron chi connectivity index (χ4n) is 1.20. The number of nitrogen functional groups attached to an aromatic ring is 1. The number of alkyl halides is 3. The predicted molar refractivity (Wildman–Crippen MR) is 55.6 cm³/mol. The van der Waals surface area contributed by atoms with Crippen molar-refractivity contribution in [3.8, 4) is 6.07 Å². The minimum Gasteiger partial charge on any atom is -0.383 e. The Balaban J connectivity index is 3.30. The standard InChI is InChI=1S/C9H8BrF2N3/c10-4-5-3-7(8(11)12)6(1-2-13)9(14)15-5/h3,8H,1,4H2,(H2,14,15). The Labute approximate surface area is 94.0 Å². The largest absolute Gasteiger partial charge is 0.383 e. The third-order valence-electron chi connectivity index (χ3n) is 1.87. The Hall–Kier alpha value is -1.22. The highest BCUT2D eigenvalue weighted by Crippen LogP contribution is 2.27. The lowest BCUT2D eigenvalue weighted by molar-refractivity contribution is 0.150. The number of rotatable bonds is 3. The number of hydrogen-bond donors (Lipinski definition) is 1. The summed E-state index contributed by atoms with van der Waals surface area (Å²) in [5.41, 5.74) is 5.85. The van der Waals surface area contributed by atoms with Crippen LogP contribution in [0, 0.1) is 11.3 Å². The highest BCUT2D eigenvalue weighted by atomic mass is 79.9. The van der Waals surface area contributed by atoms with Crippen molar-refractivity contribution in [2.24, 2.45) is 0 Å². The number of nitrogens with zero attached hydrogens (tertiary/aromatic N) is 2. The molecule has 0 saturated heterocycles. The molecule has 1 aromatic heterocycles. The number of anilines is 1. The molecule has 1 heterocycles. The van der Waals surface area contributed by atoms with Crippen LogP contribution in [0.1, 0.15) is 23.2 Å². The van der Waals surface area contributed by atoms with Gasteiger partial charge in [0.25, 0.3) is 6.43 Å². The van der Waals surface area contributed by atoms with Gasteiger partial charge in [0.2, 0.25) is 0 Å². The maximum absolute atomic E-state index is 12.6. The zero-order chi connectivity index (χ0) is 11.4. The molecule has 0 fully saturated rings. The molecular formula is C9H8BrF2N3. The summed E-state index contributed by atoms with van der Waals surface area (Å²) in [6, 6.07) is 3.06. The Morgan fingerprint density at radius 1 is 1.60 bits per heavy atom. The van der Waals surface area contributed by atoms with E-state index in [0.29, 0.717) is 11.0 Å². The SMILES string of the molecule is N#CCc1c(C(F)F)cc(CBr)nc1N. The van der Waals surface area contributed by atoms with Crippen LogP contribution in [-0.2, 0) is 11.8 Å².